The summed E-state index contributed by atoms with van der Waals surface area (Å²) in [4.78, 5) is 0. The summed E-state index contributed by atoms with van der Waals surface area (Å²) in [6.45, 7) is 2.18. The predicted octanol–water partition coefficient (Wildman–Crippen LogP) is 2.11. The van der Waals surface area contributed by atoms with Gasteiger partial charge in [-0.25, -0.2) is 0 Å². The zero-order valence-electron chi connectivity index (χ0n) is 7.09. The summed E-state index contributed by atoms with van der Waals surface area (Å²) in [7, 11) is 0. The van der Waals surface area contributed by atoms with Crippen LogP contribution in [0.15, 0.2) is 11.6 Å². The molecule has 1 heteroatoms. The molecule has 0 heterocycles. The van der Waals surface area contributed by atoms with Crippen molar-refractivity contribution < 1.29 is 5.11 Å². The third-order valence-electron chi connectivity index (χ3n) is 3.21. The first-order valence-electron chi connectivity index (χ1n) is 4.63. The summed E-state index contributed by atoms with van der Waals surface area (Å²) < 4.78 is 0. The minimum atomic E-state index is -0.0322. The minimum Gasteiger partial charge on any atom is -0.393 e. The normalized spacial score (nSPS) is 43.5. The van der Waals surface area contributed by atoms with Crippen LogP contribution in [-0.4, -0.2) is 11.2 Å². The van der Waals surface area contributed by atoms with Gasteiger partial charge in [0.05, 0.1) is 6.10 Å². The van der Waals surface area contributed by atoms with Gasteiger partial charge in [-0.1, -0.05) is 11.6 Å². The second-order valence-electron chi connectivity index (χ2n) is 4.03. The molecule has 1 N–H and O–H groups in total. The van der Waals surface area contributed by atoms with E-state index in [2.05, 4.69) is 13.0 Å². The minimum absolute atomic E-state index is 0.0322. The number of hydrogen-bond acceptors (Lipinski definition) is 1. The highest BCUT2D eigenvalue weighted by Gasteiger charge is 2.34. The lowest BCUT2D eigenvalue weighted by molar-refractivity contribution is 0.137. The molecular weight excluding hydrogens is 136 g/mol. The van der Waals surface area contributed by atoms with Gasteiger partial charge in [0, 0.05) is 5.92 Å². The lowest BCUT2D eigenvalue weighted by atomic mass is 9.83. The number of allylic oxidation sites excluding steroid dienone is 1. The van der Waals surface area contributed by atoms with E-state index in [0.29, 0.717) is 5.92 Å². The average Bonchev–Trinajstić information content (AvgIpc) is 2.33. The third-order valence-corrected chi connectivity index (χ3v) is 3.21. The second-order valence-corrected chi connectivity index (χ2v) is 4.03. The van der Waals surface area contributed by atoms with Crippen LogP contribution < -0.4 is 0 Å². The van der Waals surface area contributed by atoms with Gasteiger partial charge in [0.2, 0.25) is 0 Å². The maximum absolute atomic E-state index is 9.60. The lowest BCUT2D eigenvalue weighted by Crippen LogP contribution is -2.20. The van der Waals surface area contributed by atoms with E-state index in [9.17, 15) is 5.11 Å². The zero-order valence-corrected chi connectivity index (χ0v) is 7.09. The van der Waals surface area contributed by atoms with E-state index in [1.165, 1.54) is 24.8 Å². The van der Waals surface area contributed by atoms with Crippen molar-refractivity contribution in [2.24, 2.45) is 11.8 Å². The van der Waals surface area contributed by atoms with Crippen LogP contribution >= 0.6 is 0 Å². The molecule has 3 atom stereocenters. The van der Waals surface area contributed by atoms with Crippen LogP contribution in [0.4, 0.5) is 0 Å². The molecule has 0 saturated heterocycles. The van der Waals surface area contributed by atoms with E-state index in [4.69, 9.17) is 0 Å². The molecule has 2 aliphatic carbocycles. The maximum Gasteiger partial charge on any atom is 0.0605 e. The monoisotopic (exact) mass is 152 g/mol. The molecule has 1 nitrogen and oxygen atoms in total. The Morgan fingerprint density at radius 1 is 1.36 bits per heavy atom. The number of rotatable bonds is 0. The van der Waals surface area contributed by atoms with Gasteiger partial charge in [-0.3, -0.25) is 0 Å². The molecule has 0 aromatic heterocycles. The van der Waals surface area contributed by atoms with Crippen LogP contribution in [0.2, 0.25) is 0 Å². The molecule has 1 fully saturated rings. The topological polar surface area (TPSA) is 20.2 Å². The summed E-state index contributed by atoms with van der Waals surface area (Å²) in [5.74, 6) is 1.30. The van der Waals surface area contributed by atoms with Crippen LogP contribution in [0, 0.1) is 11.8 Å². The first-order chi connectivity index (χ1) is 5.27. The fourth-order valence-corrected chi connectivity index (χ4v) is 2.49. The van der Waals surface area contributed by atoms with Crippen molar-refractivity contribution in [1.82, 2.24) is 0 Å². The summed E-state index contributed by atoms with van der Waals surface area (Å²) in [5.41, 5.74) is 1.48. The Morgan fingerprint density at radius 3 is 3.00 bits per heavy atom. The molecular formula is C10H16O. The number of fused-ring (bicyclic) bond motifs is 1. The standard InChI is InChI=1S/C10H16O/c1-7-2-3-8-4-5-10(11)9(8)6-7/h6,8-11H,2-5H2,1H3/t8-,9-,10+/m0/s1. The molecule has 0 bridgehead atoms. The van der Waals surface area contributed by atoms with Gasteiger partial charge >= 0.3 is 0 Å². The summed E-state index contributed by atoms with van der Waals surface area (Å²) in [5, 5.41) is 9.60. The quantitative estimate of drug-likeness (QED) is 0.527. The number of hydrogen-bond donors (Lipinski definition) is 1. The highest BCUT2D eigenvalue weighted by atomic mass is 16.3. The molecule has 1 saturated carbocycles. The van der Waals surface area contributed by atoms with Gasteiger partial charge < -0.3 is 5.11 Å². The van der Waals surface area contributed by atoms with Crippen LogP contribution in [0.3, 0.4) is 0 Å². The van der Waals surface area contributed by atoms with Crippen LogP contribution in [0.25, 0.3) is 0 Å². The fraction of sp³-hybridized carbons (Fsp3) is 0.800. The SMILES string of the molecule is CC1=C[C@H]2[C@@H](CC1)CC[C@H]2O. The molecule has 0 aromatic carbocycles. The van der Waals surface area contributed by atoms with Gasteiger partial charge in [-0.2, -0.15) is 0 Å². The second kappa shape index (κ2) is 2.63. The Balaban J connectivity index is 2.17. The average molecular weight is 152 g/mol. The van der Waals surface area contributed by atoms with E-state index in [-0.39, 0.29) is 6.10 Å². The first kappa shape index (κ1) is 7.35. The largest absolute Gasteiger partial charge is 0.393 e. The lowest BCUT2D eigenvalue weighted by Gasteiger charge is -2.24. The maximum atomic E-state index is 9.60. The molecule has 11 heavy (non-hydrogen) atoms. The van der Waals surface area contributed by atoms with Gasteiger partial charge in [0.1, 0.15) is 0 Å². The molecule has 0 unspecified atom stereocenters. The van der Waals surface area contributed by atoms with E-state index >= 15 is 0 Å². The van der Waals surface area contributed by atoms with Crippen molar-refractivity contribution >= 4 is 0 Å². The molecule has 2 aliphatic rings. The Bertz CT molecular complexity index is 183. The Labute approximate surface area is 68.1 Å². The van der Waals surface area contributed by atoms with E-state index in [1.54, 1.807) is 0 Å². The van der Waals surface area contributed by atoms with Crippen molar-refractivity contribution in [2.45, 2.75) is 38.7 Å². The molecule has 0 aliphatic heterocycles. The summed E-state index contributed by atoms with van der Waals surface area (Å²) in [6.07, 6.45) is 7.11. The van der Waals surface area contributed by atoms with Gasteiger partial charge in [-0.05, 0) is 38.5 Å². The Kier molecular flexibility index (Phi) is 1.76. The smallest absolute Gasteiger partial charge is 0.0605 e. The van der Waals surface area contributed by atoms with Gasteiger partial charge in [0.15, 0.2) is 0 Å². The van der Waals surface area contributed by atoms with Crippen LogP contribution in [-0.2, 0) is 0 Å². The van der Waals surface area contributed by atoms with Gasteiger partial charge in [0.25, 0.3) is 0 Å². The van der Waals surface area contributed by atoms with Gasteiger partial charge in [-0.15, -0.1) is 0 Å². The van der Waals surface area contributed by atoms with Crippen molar-refractivity contribution in [1.29, 1.82) is 0 Å². The number of aliphatic hydroxyl groups excluding tert-OH is 1. The van der Waals surface area contributed by atoms with Crippen molar-refractivity contribution in [3.63, 3.8) is 0 Å². The van der Waals surface area contributed by atoms with Crippen molar-refractivity contribution in [3.8, 4) is 0 Å². The predicted molar refractivity (Wildman–Crippen MR) is 45.2 cm³/mol. The molecule has 0 spiro atoms. The Hall–Kier alpha value is -0.300. The van der Waals surface area contributed by atoms with Crippen LogP contribution in [0.5, 0.6) is 0 Å². The third kappa shape index (κ3) is 1.22. The number of aliphatic hydroxyl groups is 1. The molecule has 0 amide bonds. The molecule has 0 radical (unpaired) electrons. The van der Waals surface area contributed by atoms with Crippen molar-refractivity contribution in [3.05, 3.63) is 11.6 Å². The summed E-state index contributed by atoms with van der Waals surface area (Å²) in [6, 6.07) is 0. The first-order valence-corrected chi connectivity index (χ1v) is 4.63. The highest BCUT2D eigenvalue weighted by Crippen LogP contribution is 2.40. The van der Waals surface area contributed by atoms with E-state index in [0.717, 1.165) is 12.3 Å². The van der Waals surface area contributed by atoms with Crippen molar-refractivity contribution in [2.75, 3.05) is 0 Å². The van der Waals surface area contributed by atoms with Crippen LogP contribution in [0.1, 0.15) is 32.6 Å². The zero-order chi connectivity index (χ0) is 7.84. The van der Waals surface area contributed by atoms with E-state index < -0.39 is 0 Å². The molecule has 2 rings (SSSR count). The summed E-state index contributed by atoms with van der Waals surface area (Å²) >= 11 is 0. The molecule has 62 valence electrons. The molecule has 0 aromatic rings. The Morgan fingerprint density at radius 2 is 2.18 bits per heavy atom. The highest BCUT2D eigenvalue weighted by molar-refractivity contribution is 5.11. The van der Waals surface area contributed by atoms with E-state index in [1.807, 2.05) is 0 Å². The fourth-order valence-electron chi connectivity index (χ4n) is 2.49.